The number of aliphatic carboxylic acids is 1. The molecule has 0 aromatic carbocycles. The molecule has 1 fully saturated rings. The summed E-state index contributed by atoms with van der Waals surface area (Å²) in [6.07, 6.45) is -13.3. The molecule has 2 heterocycles. The monoisotopic (exact) mass is 497 g/mol. The van der Waals surface area contributed by atoms with Crippen LogP contribution < -0.4 is 4.72 Å². The number of aliphatic hydroxyl groups excluding tert-OH is 4. The number of nitrogens with one attached hydrogen (secondary N) is 1. The van der Waals surface area contributed by atoms with E-state index in [1.807, 2.05) is 0 Å². The lowest BCUT2D eigenvalue weighted by Gasteiger charge is -2.44. The summed E-state index contributed by atoms with van der Waals surface area (Å²) < 4.78 is 81.8. The van der Waals surface area contributed by atoms with Crippen LogP contribution in [0, 0.1) is 0 Å². The fourth-order valence-electron chi connectivity index (χ4n) is 2.72. The molecule has 1 saturated heterocycles. The number of carboxylic acids is 1. The molecule has 8 unspecified atom stereocenters. The first-order valence-electron chi connectivity index (χ1n) is 8.10. The van der Waals surface area contributed by atoms with E-state index in [1.165, 1.54) is 4.72 Å². The topological polar surface area (TPSA) is 276 Å². The highest BCUT2D eigenvalue weighted by atomic mass is 32.3. The van der Waals surface area contributed by atoms with Crippen LogP contribution in [0.25, 0.3) is 0 Å². The molecule has 8 atom stereocenters. The fourth-order valence-corrected chi connectivity index (χ4v) is 3.63. The van der Waals surface area contributed by atoms with Crippen LogP contribution >= 0.6 is 0 Å². The van der Waals surface area contributed by atoms with Crippen LogP contribution in [0.2, 0.25) is 0 Å². The van der Waals surface area contributed by atoms with Crippen molar-refractivity contribution in [2.75, 3.05) is 6.61 Å². The van der Waals surface area contributed by atoms with E-state index in [2.05, 4.69) is 4.18 Å². The molecule has 19 heteroatoms. The van der Waals surface area contributed by atoms with Crippen LogP contribution in [0.4, 0.5) is 0 Å². The van der Waals surface area contributed by atoms with E-state index in [0.29, 0.717) is 6.08 Å². The molecule has 180 valence electrons. The molecular weight excluding hydrogens is 478 g/mol. The molecule has 0 aliphatic carbocycles. The number of aliphatic hydroxyl groups is 4. The molecule has 2 aliphatic heterocycles. The van der Waals surface area contributed by atoms with E-state index in [9.17, 15) is 42.1 Å². The quantitative estimate of drug-likeness (QED) is 0.146. The summed E-state index contributed by atoms with van der Waals surface area (Å²) in [4.78, 5) is 11.1. The number of ether oxygens (including phenoxy) is 3. The Kier molecular flexibility index (Phi) is 7.95. The normalized spacial score (nSPS) is 37.0. The Balaban J connectivity index is 2.31. The summed E-state index contributed by atoms with van der Waals surface area (Å²) in [5.74, 6) is -2.54. The minimum absolute atomic E-state index is 0.631. The lowest BCUT2D eigenvalue weighted by Crippen LogP contribution is -2.66. The van der Waals surface area contributed by atoms with E-state index in [4.69, 9.17) is 28.4 Å². The Morgan fingerprint density at radius 2 is 1.71 bits per heavy atom. The van der Waals surface area contributed by atoms with Crippen molar-refractivity contribution in [2.45, 2.75) is 49.1 Å². The van der Waals surface area contributed by atoms with Crippen LogP contribution in [-0.4, -0.2) is 113 Å². The van der Waals surface area contributed by atoms with Gasteiger partial charge >= 0.3 is 26.7 Å². The average Bonchev–Trinajstić information content (AvgIpc) is 2.61. The molecule has 0 saturated carbocycles. The zero-order valence-corrected chi connectivity index (χ0v) is 16.7. The van der Waals surface area contributed by atoms with Gasteiger partial charge in [0.15, 0.2) is 6.29 Å². The summed E-state index contributed by atoms with van der Waals surface area (Å²) in [7, 11) is -10.1. The van der Waals surface area contributed by atoms with Gasteiger partial charge in [0.2, 0.25) is 12.0 Å². The smallest absolute Gasteiger partial charge is 0.397 e. The van der Waals surface area contributed by atoms with E-state index in [1.54, 1.807) is 0 Å². The van der Waals surface area contributed by atoms with Crippen molar-refractivity contribution in [1.29, 1.82) is 0 Å². The molecule has 0 bridgehead atoms. The predicted molar refractivity (Wildman–Crippen MR) is 90.3 cm³/mol. The second-order valence-corrected chi connectivity index (χ2v) is 8.57. The minimum atomic E-state index is -5.05. The van der Waals surface area contributed by atoms with Crippen molar-refractivity contribution in [2.24, 2.45) is 0 Å². The molecule has 8 N–H and O–H groups in total. The molecule has 0 radical (unpaired) electrons. The number of carbonyl (C=O) groups is 1. The van der Waals surface area contributed by atoms with Gasteiger partial charge in [0, 0.05) is 0 Å². The van der Waals surface area contributed by atoms with E-state index in [0.717, 1.165) is 0 Å². The first-order valence-corrected chi connectivity index (χ1v) is 10.9. The van der Waals surface area contributed by atoms with Crippen LogP contribution in [0.5, 0.6) is 0 Å². The number of rotatable bonds is 8. The van der Waals surface area contributed by atoms with Crippen molar-refractivity contribution in [3.8, 4) is 0 Å². The Hall–Kier alpha value is -1.49. The summed E-state index contributed by atoms with van der Waals surface area (Å²) in [5.41, 5.74) is 0. The van der Waals surface area contributed by atoms with Gasteiger partial charge in [0.25, 0.3) is 0 Å². The van der Waals surface area contributed by atoms with Gasteiger partial charge in [0.1, 0.15) is 36.6 Å². The Bertz CT molecular complexity index is 900. The van der Waals surface area contributed by atoms with Gasteiger partial charge < -0.3 is 39.7 Å². The largest absolute Gasteiger partial charge is 0.475 e. The molecule has 0 aromatic heterocycles. The van der Waals surface area contributed by atoms with Crippen molar-refractivity contribution < 1.29 is 74.7 Å². The Labute approximate surface area is 174 Å². The third-order valence-corrected chi connectivity index (χ3v) is 5.06. The molecule has 2 aliphatic rings. The van der Waals surface area contributed by atoms with Gasteiger partial charge in [-0.3, -0.25) is 9.11 Å². The van der Waals surface area contributed by atoms with E-state index < -0.39 is 88.2 Å². The second-order valence-electron chi connectivity index (χ2n) is 6.29. The lowest BCUT2D eigenvalue weighted by molar-refractivity contribution is -0.305. The molecule has 0 aromatic rings. The third-order valence-electron chi connectivity index (χ3n) is 4.05. The standard InChI is InChI=1S/C12H19NO16S2/c14-3-1-4(10(17)18)28-12(7(3)15)29-9-5(2-26-31(23,24)25)27-11(19)6(8(9)16)13-30(20,21)22/h1,3,5-9,11-16,19H,2H2,(H,17,18)(H,20,21,22)(H,23,24,25). The predicted octanol–water partition coefficient (Wildman–Crippen LogP) is -4.92. The van der Waals surface area contributed by atoms with Crippen LogP contribution in [0.1, 0.15) is 0 Å². The average molecular weight is 497 g/mol. The third kappa shape index (κ3) is 7.00. The van der Waals surface area contributed by atoms with Gasteiger partial charge in [-0.25, -0.2) is 8.98 Å². The van der Waals surface area contributed by atoms with Gasteiger partial charge in [-0.05, 0) is 6.08 Å². The lowest BCUT2D eigenvalue weighted by atomic mass is 9.97. The summed E-state index contributed by atoms with van der Waals surface area (Å²) >= 11 is 0. The number of hydrogen-bond donors (Lipinski definition) is 8. The highest BCUT2D eigenvalue weighted by Crippen LogP contribution is 2.28. The molecule has 2 rings (SSSR count). The summed E-state index contributed by atoms with van der Waals surface area (Å²) in [5, 5.41) is 49.0. The number of carboxylic acid groups (broad SMARTS) is 1. The molecular formula is C12H19NO16S2. The molecule has 0 amide bonds. The summed E-state index contributed by atoms with van der Waals surface area (Å²) in [6.45, 7) is -1.12. The van der Waals surface area contributed by atoms with Crippen molar-refractivity contribution in [3.63, 3.8) is 0 Å². The summed E-state index contributed by atoms with van der Waals surface area (Å²) in [6, 6.07) is -2.01. The Morgan fingerprint density at radius 3 is 2.23 bits per heavy atom. The van der Waals surface area contributed by atoms with Crippen LogP contribution in [-0.2, 0) is 43.9 Å². The second kappa shape index (κ2) is 9.56. The first kappa shape index (κ1) is 25.8. The molecule has 17 nitrogen and oxygen atoms in total. The fraction of sp³-hybridized carbons (Fsp3) is 0.750. The van der Waals surface area contributed by atoms with Crippen molar-refractivity contribution in [3.05, 3.63) is 11.8 Å². The SMILES string of the molecule is O=C(O)C1=CC(O)C(O)C(OC2C(COS(=O)(=O)O)OC(O)C(NS(=O)(=O)O)C2O)O1. The molecule has 0 spiro atoms. The maximum absolute atomic E-state index is 11.1. The maximum atomic E-state index is 11.1. The zero-order chi connectivity index (χ0) is 23.7. The van der Waals surface area contributed by atoms with Gasteiger partial charge in [-0.1, -0.05) is 0 Å². The minimum Gasteiger partial charge on any atom is -0.475 e. The van der Waals surface area contributed by atoms with Gasteiger partial charge in [-0.2, -0.15) is 21.6 Å². The van der Waals surface area contributed by atoms with Crippen molar-refractivity contribution in [1.82, 2.24) is 4.72 Å². The Morgan fingerprint density at radius 1 is 1.10 bits per heavy atom. The van der Waals surface area contributed by atoms with Crippen molar-refractivity contribution >= 4 is 26.7 Å². The highest BCUT2D eigenvalue weighted by Gasteiger charge is 2.50. The first-order chi connectivity index (χ1) is 14.1. The maximum Gasteiger partial charge on any atom is 0.397 e. The van der Waals surface area contributed by atoms with E-state index in [-0.39, 0.29) is 0 Å². The van der Waals surface area contributed by atoms with E-state index >= 15 is 0 Å². The zero-order valence-electron chi connectivity index (χ0n) is 15.0. The molecule has 31 heavy (non-hydrogen) atoms. The van der Waals surface area contributed by atoms with Crippen LogP contribution in [0.15, 0.2) is 11.8 Å². The number of hydrogen-bond acceptors (Lipinski definition) is 13. The van der Waals surface area contributed by atoms with Gasteiger partial charge in [-0.15, -0.1) is 0 Å². The van der Waals surface area contributed by atoms with Crippen LogP contribution in [0.3, 0.4) is 0 Å². The highest BCUT2D eigenvalue weighted by molar-refractivity contribution is 7.83. The van der Waals surface area contributed by atoms with Gasteiger partial charge in [0.05, 0.1) is 6.61 Å².